The molecule has 18 heavy (non-hydrogen) atoms. The van der Waals surface area contributed by atoms with Crippen molar-refractivity contribution < 1.29 is 9.53 Å². The minimum absolute atomic E-state index is 0.0836. The summed E-state index contributed by atoms with van der Waals surface area (Å²) in [4.78, 5) is 12.3. The SMILES string of the molecule is CCCNC(CC)C(=O)c1ccc(OC)c(N)c1. The van der Waals surface area contributed by atoms with Crippen LogP contribution in [-0.2, 0) is 0 Å². The Labute approximate surface area is 109 Å². The molecule has 0 aliphatic rings. The van der Waals surface area contributed by atoms with Crippen LogP contribution in [0.4, 0.5) is 5.69 Å². The third-order valence-electron chi connectivity index (χ3n) is 2.88. The zero-order chi connectivity index (χ0) is 13.5. The standard InChI is InChI=1S/C14H22N2O2/c1-4-8-16-12(5-2)14(17)10-6-7-13(18-3)11(15)9-10/h6-7,9,12,16H,4-5,8,15H2,1-3H3. The number of nitrogens with one attached hydrogen (secondary N) is 1. The first-order valence-electron chi connectivity index (χ1n) is 6.35. The highest BCUT2D eigenvalue weighted by atomic mass is 16.5. The lowest BCUT2D eigenvalue weighted by Crippen LogP contribution is -2.36. The summed E-state index contributed by atoms with van der Waals surface area (Å²) < 4.78 is 5.08. The number of nitrogen functional groups attached to an aromatic ring is 1. The molecule has 1 aromatic rings. The number of rotatable bonds is 7. The monoisotopic (exact) mass is 250 g/mol. The molecule has 1 unspecified atom stereocenters. The molecule has 4 nitrogen and oxygen atoms in total. The molecule has 0 radical (unpaired) electrons. The number of nitrogens with two attached hydrogens (primary N) is 1. The smallest absolute Gasteiger partial charge is 0.179 e. The van der Waals surface area contributed by atoms with Gasteiger partial charge in [-0.2, -0.15) is 0 Å². The first-order chi connectivity index (χ1) is 8.63. The molecule has 100 valence electrons. The van der Waals surface area contributed by atoms with E-state index in [1.165, 1.54) is 0 Å². The van der Waals surface area contributed by atoms with Crippen molar-refractivity contribution in [2.75, 3.05) is 19.4 Å². The van der Waals surface area contributed by atoms with Crippen LogP contribution in [0.15, 0.2) is 18.2 Å². The lowest BCUT2D eigenvalue weighted by Gasteiger charge is -2.16. The summed E-state index contributed by atoms with van der Waals surface area (Å²) in [7, 11) is 1.56. The molecule has 1 aromatic carbocycles. The van der Waals surface area contributed by atoms with E-state index in [9.17, 15) is 4.79 Å². The number of hydrogen-bond acceptors (Lipinski definition) is 4. The molecule has 1 atom stereocenters. The van der Waals surface area contributed by atoms with Crippen LogP contribution < -0.4 is 15.8 Å². The Kier molecular flexibility index (Phi) is 5.65. The van der Waals surface area contributed by atoms with Gasteiger partial charge >= 0.3 is 0 Å². The molecule has 3 N–H and O–H groups in total. The van der Waals surface area contributed by atoms with Gasteiger partial charge in [0.2, 0.25) is 0 Å². The maximum absolute atomic E-state index is 12.3. The number of ketones is 1. The zero-order valence-corrected chi connectivity index (χ0v) is 11.3. The number of ether oxygens (including phenoxy) is 1. The van der Waals surface area contributed by atoms with Crippen molar-refractivity contribution in [3.05, 3.63) is 23.8 Å². The average molecular weight is 250 g/mol. The largest absolute Gasteiger partial charge is 0.495 e. The molecule has 0 aromatic heterocycles. The second-order valence-corrected chi connectivity index (χ2v) is 4.24. The molecule has 0 heterocycles. The highest BCUT2D eigenvalue weighted by molar-refractivity contribution is 6.01. The number of Topliss-reactive ketones (excluding diaryl/α,β-unsaturated/α-hetero) is 1. The zero-order valence-electron chi connectivity index (χ0n) is 11.3. The number of carbonyl (C=O) groups is 1. The maximum Gasteiger partial charge on any atom is 0.179 e. The first kappa shape index (κ1) is 14.5. The van der Waals surface area contributed by atoms with Crippen LogP contribution in [-0.4, -0.2) is 25.5 Å². The van der Waals surface area contributed by atoms with E-state index in [0.717, 1.165) is 19.4 Å². The molecule has 0 saturated heterocycles. The van der Waals surface area contributed by atoms with E-state index in [4.69, 9.17) is 10.5 Å². The van der Waals surface area contributed by atoms with E-state index in [-0.39, 0.29) is 11.8 Å². The number of anilines is 1. The van der Waals surface area contributed by atoms with Crippen LogP contribution in [0.2, 0.25) is 0 Å². The topological polar surface area (TPSA) is 64.3 Å². The lowest BCUT2D eigenvalue weighted by molar-refractivity contribution is 0.0941. The molecule has 0 aliphatic carbocycles. The van der Waals surface area contributed by atoms with Gasteiger partial charge in [-0.25, -0.2) is 0 Å². The fourth-order valence-electron chi connectivity index (χ4n) is 1.83. The Morgan fingerprint density at radius 2 is 2.17 bits per heavy atom. The van der Waals surface area contributed by atoms with E-state index in [1.807, 2.05) is 6.92 Å². The van der Waals surface area contributed by atoms with Crippen molar-refractivity contribution in [1.29, 1.82) is 0 Å². The number of methoxy groups -OCH3 is 1. The summed E-state index contributed by atoms with van der Waals surface area (Å²) in [5, 5.41) is 3.24. The fourth-order valence-corrected chi connectivity index (χ4v) is 1.83. The minimum Gasteiger partial charge on any atom is -0.495 e. The summed E-state index contributed by atoms with van der Waals surface area (Å²) in [5.41, 5.74) is 6.94. The van der Waals surface area contributed by atoms with E-state index in [0.29, 0.717) is 17.0 Å². The maximum atomic E-state index is 12.3. The molecule has 1 rings (SSSR count). The van der Waals surface area contributed by atoms with Gasteiger partial charge in [0.15, 0.2) is 5.78 Å². The number of benzene rings is 1. The van der Waals surface area contributed by atoms with E-state index >= 15 is 0 Å². The van der Waals surface area contributed by atoms with Crippen LogP contribution in [0.5, 0.6) is 5.75 Å². The summed E-state index contributed by atoms with van der Waals surface area (Å²) in [6.07, 6.45) is 1.78. The van der Waals surface area contributed by atoms with Crippen LogP contribution in [0.25, 0.3) is 0 Å². The quantitative estimate of drug-likeness (QED) is 0.575. The van der Waals surface area contributed by atoms with Crippen molar-refractivity contribution in [2.24, 2.45) is 0 Å². The molecule has 0 aliphatic heterocycles. The molecule has 0 spiro atoms. The highest BCUT2D eigenvalue weighted by Crippen LogP contribution is 2.22. The van der Waals surface area contributed by atoms with Crippen molar-refractivity contribution in [3.63, 3.8) is 0 Å². The van der Waals surface area contributed by atoms with Crippen LogP contribution in [0.1, 0.15) is 37.0 Å². The van der Waals surface area contributed by atoms with Crippen LogP contribution >= 0.6 is 0 Å². The van der Waals surface area contributed by atoms with E-state index in [1.54, 1.807) is 25.3 Å². The van der Waals surface area contributed by atoms with Crippen LogP contribution in [0, 0.1) is 0 Å². The van der Waals surface area contributed by atoms with E-state index in [2.05, 4.69) is 12.2 Å². The summed E-state index contributed by atoms with van der Waals surface area (Å²) >= 11 is 0. The second-order valence-electron chi connectivity index (χ2n) is 4.24. The average Bonchev–Trinajstić information content (AvgIpc) is 2.39. The Balaban J connectivity index is 2.84. The third-order valence-corrected chi connectivity index (χ3v) is 2.88. The molecule has 0 amide bonds. The molecule has 0 saturated carbocycles. The molecule has 4 heteroatoms. The number of carbonyl (C=O) groups excluding carboxylic acids is 1. The van der Waals surface area contributed by atoms with Gasteiger partial charge in [-0.3, -0.25) is 4.79 Å². The summed E-state index contributed by atoms with van der Waals surface area (Å²) in [6, 6.07) is 5.03. The minimum atomic E-state index is -0.141. The van der Waals surface area contributed by atoms with Crippen molar-refractivity contribution >= 4 is 11.5 Å². The van der Waals surface area contributed by atoms with Gasteiger partial charge in [0.05, 0.1) is 18.8 Å². The van der Waals surface area contributed by atoms with Crippen molar-refractivity contribution in [2.45, 2.75) is 32.7 Å². The first-order valence-corrected chi connectivity index (χ1v) is 6.35. The Morgan fingerprint density at radius 3 is 2.67 bits per heavy atom. The van der Waals surface area contributed by atoms with Gasteiger partial charge in [-0.05, 0) is 37.6 Å². The molecule has 0 bridgehead atoms. The number of hydrogen-bond donors (Lipinski definition) is 2. The van der Waals surface area contributed by atoms with Crippen LogP contribution in [0.3, 0.4) is 0 Å². The molecular formula is C14H22N2O2. The highest BCUT2D eigenvalue weighted by Gasteiger charge is 2.18. The van der Waals surface area contributed by atoms with Gasteiger partial charge < -0.3 is 15.8 Å². The normalized spacial score (nSPS) is 12.2. The molecular weight excluding hydrogens is 228 g/mol. The Bertz CT molecular complexity index is 405. The van der Waals surface area contributed by atoms with Gasteiger partial charge in [0, 0.05) is 5.56 Å². The Morgan fingerprint density at radius 1 is 1.44 bits per heavy atom. The van der Waals surface area contributed by atoms with Gasteiger partial charge in [0.1, 0.15) is 5.75 Å². The summed E-state index contributed by atoms with van der Waals surface area (Å²) in [5.74, 6) is 0.682. The third kappa shape index (κ3) is 3.47. The molecule has 0 fully saturated rings. The Hall–Kier alpha value is -1.55. The van der Waals surface area contributed by atoms with Gasteiger partial charge in [-0.15, -0.1) is 0 Å². The van der Waals surface area contributed by atoms with Crippen molar-refractivity contribution in [1.82, 2.24) is 5.32 Å². The van der Waals surface area contributed by atoms with E-state index < -0.39 is 0 Å². The lowest BCUT2D eigenvalue weighted by atomic mass is 10.0. The van der Waals surface area contributed by atoms with Gasteiger partial charge in [0.25, 0.3) is 0 Å². The summed E-state index contributed by atoms with van der Waals surface area (Å²) in [6.45, 7) is 4.92. The second kappa shape index (κ2) is 7.01. The van der Waals surface area contributed by atoms with Crippen molar-refractivity contribution in [3.8, 4) is 5.75 Å². The van der Waals surface area contributed by atoms with Gasteiger partial charge in [-0.1, -0.05) is 13.8 Å². The predicted octanol–water partition coefficient (Wildman–Crippen LogP) is 2.24. The fraction of sp³-hybridized carbons (Fsp3) is 0.500. The predicted molar refractivity (Wildman–Crippen MR) is 74.1 cm³/mol.